The predicted molar refractivity (Wildman–Crippen MR) is 91.8 cm³/mol. The first kappa shape index (κ1) is 19.2. The predicted octanol–water partition coefficient (Wildman–Crippen LogP) is 3.14. The Morgan fingerprint density at radius 2 is 2.19 bits per heavy atom. The number of rotatable bonds is 4. The van der Waals surface area contributed by atoms with E-state index < -0.39 is 10.0 Å². The van der Waals surface area contributed by atoms with Crippen molar-refractivity contribution in [3.63, 3.8) is 0 Å². The van der Waals surface area contributed by atoms with Crippen LogP contribution in [-0.2, 0) is 10.0 Å². The molecule has 1 aliphatic heterocycles. The Bertz CT molecular complexity index is 582. The summed E-state index contributed by atoms with van der Waals surface area (Å²) in [6, 6.07) is 4.91. The van der Waals surface area contributed by atoms with Crippen molar-refractivity contribution in [2.45, 2.75) is 17.7 Å². The van der Waals surface area contributed by atoms with Gasteiger partial charge >= 0.3 is 0 Å². The molecule has 0 amide bonds. The molecule has 0 spiro atoms. The van der Waals surface area contributed by atoms with Gasteiger partial charge in [-0.15, -0.1) is 12.4 Å². The van der Waals surface area contributed by atoms with Crippen LogP contribution in [0.1, 0.15) is 12.8 Å². The van der Waals surface area contributed by atoms with Gasteiger partial charge in [0.2, 0.25) is 10.0 Å². The number of hydrogen-bond donors (Lipinski definition) is 1. The van der Waals surface area contributed by atoms with Gasteiger partial charge in [0.25, 0.3) is 0 Å². The maximum absolute atomic E-state index is 12.7. The highest BCUT2D eigenvalue weighted by molar-refractivity contribution is 9.10. The number of hydrogen-bond acceptors (Lipinski definition) is 3. The third-order valence-corrected chi connectivity index (χ3v) is 6.33. The standard InChI is InChI=1S/C13H18BrClN2O2S.ClH/c1-16-8-10-3-2-6-17(9-10)20(18,19)13-7-11(14)4-5-12(13)15;/h4-5,7,10,16H,2-3,6,8-9H2,1H3;1H. The summed E-state index contributed by atoms with van der Waals surface area (Å²) < 4.78 is 27.7. The zero-order valence-corrected chi connectivity index (χ0v) is 15.7. The fraction of sp³-hybridized carbons (Fsp3) is 0.538. The fourth-order valence-corrected chi connectivity index (χ4v) is 5.08. The molecule has 0 radical (unpaired) electrons. The monoisotopic (exact) mass is 416 g/mol. The van der Waals surface area contributed by atoms with Crippen molar-refractivity contribution in [1.82, 2.24) is 9.62 Å². The molecule has 4 nitrogen and oxygen atoms in total. The Labute approximate surface area is 145 Å². The van der Waals surface area contributed by atoms with Crippen molar-refractivity contribution in [2.75, 3.05) is 26.7 Å². The fourth-order valence-electron chi connectivity index (χ4n) is 2.51. The van der Waals surface area contributed by atoms with Gasteiger partial charge in [-0.05, 0) is 50.6 Å². The van der Waals surface area contributed by atoms with Crippen LogP contribution in [0.5, 0.6) is 0 Å². The maximum atomic E-state index is 12.7. The summed E-state index contributed by atoms with van der Waals surface area (Å²) in [4.78, 5) is 0.179. The van der Waals surface area contributed by atoms with E-state index in [0.717, 1.165) is 19.4 Å². The lowest BCUT2D eigenvalue weighted by Gasteiger charge is -2.32. The lowest BCUT2D eigenvalue weighted by Crippen LogP contribution is -2.42. The van der Waals surface area contributed by atoms with Crippen molar-refractivity contribution < 1.29 is 8.42 Å². The lowest BCUT2D eigenvalue weighted by molar-refractivity contribution is 0.263. The maximum Gasteiger partial charge on any atom is 0.244 e. The van der Waals surface area contributed by atoms with E-state index in [1.165, 1.54) is 0 Å². The van der Waals surface area contributed by atoms with Gasteiger partial charge in [-0.2, -0.15) is 4.31 Å². The van der Waals surface area contributed by atoms with Crippen molar-refractivity contribution in [3.8, 4) is 0 Å². The van der Waals surface area contributed by atoms with E-state index in [4.69, 9.17) is 11.6 Å². The van der Waals surface area contributed by atoms with Crippen LogP contribution < -0.4 is 5.32 Å². The van der Waals surface area contributed by atoms with Crippen molar-refractivity contribution in [3.05, 3.63) is 27.7 Å². The van der Waals surface area contributed by atoms with Gasteiger partial charge in [0.1, 0.15) is 4.90 Å². The van der Waals surface area contributed by atoms with Crippen molar-refractivity contribution >= 4 is 50.0 Å². The Morgan fingerprint density at radius 1 is 1.48 bits per heavy atom. The summed E-state index contributed by atoms with van der Waals surface area (Å²) in [5.74, 6) is 0.356. The second kappa shape index (κ2) is 8.13. The summed E-state index contributed by atoms with van der Waals surface area (Å²) in [6.07, 6.45) is 1.94. The normalized spacial score (nSPS) is 20.0. The molecule has 120 valence electrons. The topological polar surface area (TPSA) is 49.4 Å². The zero-order chi connectivity index (χ0) is 14.8. The molecule has 21 heavy (non-hydrogen) atoms. The van der Waals surface area contributed by atoms with Crippen LogP contribution in [0.4, 0.5) is 0 Å². The molecule has 8 heteroatoms. The minimum absolute atomic E-state index is 0. The summed E-state index contributed by atoms with van der Waals surface area (Å²) in [5.41, 5.74) is 0. The Hall–Kier alpha value is 0.150. The SMILES string of the molecule is CNCC1CCCN(S(=O)(=O)c2cc(Br)ccc2Cl)C1.Cl. The Balaban J connectivity index is 0.00000220. The lowest BCUT2D eigenvalue weighted by atomic mass is 10.00. The van der Waals surface area contributed by atoms with Gasteiger partial charge in [-0.1, -0.05) is 27.5 Å². The van der Waals surface area contributed by atoms with Gasteiger partial charge in [-0.25, -0.2) is 8.42 Å². The van der Waals surface area contributed by atoms with E-state index in [0.29, 0.717) is 23.5 Å². The number of piperidine rings is 1. The molecule has 1 aliphatic rings. The molecular weight excluding hydrogens is 399 g/mol. The van der Waals surface area contributed by atoms with Crippen LogP contribution in [-0.4, -0.2) is 39.4 Å². The van der Waals surface area contributed by atoms with Crippen molar-refractivity contribution in [1.29, 1.82) is 0 Å². The molecule has 1 saturated heterocycles. The van der Waals surface area contributed by atoms with E-state index in [1.54, 1.807) is 22.5 Å². The number of nitrogens with one attached hydrogen (secondary N) is 1. The van der Waals surface area contributed by atoms with Crippen LogP contribution in [0.25, 0.3) is 0 Å². The van der Waals surface area contributed by atoms with E-state index in [-0.39, 0.29) is 22.3 Å². The summed E-state index contributed by atoms with van der Waals surface area (Å²) in [7, 11) is -1.64. The highest BCUT2D eigenvalue weighted by Crippen LogP contribution is 2.30. The number of sulfonamides is 1. The average molecular weight is 418 g/mol. The molecule has 0 aromatic heterocycles. The Morgan fingerprint density at radius 3 is 2.86 bits per heavy atom. The summed E-state index contributed by atoms with van der Waals surface area (Å²) in [5, 5.41) is 3.38. The van der Waals surface area contributed by atoms with Gasteiger partial charge in [0.15, 0.2) is 0 Å². The average Bonchev–Trinajstić information content (AvgIpc) is 2.42. The zero-order valence-electron chi connectivity index (χ0n) is 11.7. The number of benzene rings is 1. The van der Waals surface area contributed by atoms with E-state index in [1.807, 2.05) is 7.05 Å². The molecule has 0 bridgehead atoms. The third kappa shape index (κ3) is 4.56. The first-order valence-corrected chi connectivity index (χ1v) is 9.16. The highest BCUT2D eigenvalue weighted by Gasteiger charge is 2.31. The molecular formula is C13H19BrCl2N2O2S. The summed E-state index contributed by atoms with van der Waals surface area (Å²) in [6.45, 7) is 1.94. The molecule has 1 N–H and O–H groups in total. The molecule has 1 aromatic rings. The molecule has 1 aromatic carbocycles. The molecule has 1 fully saturated rings. The second-order valence-corrected chi connectivity index (χ2v) is 8.23. The van der Waals surface area contributed by atoms with Crippen LogP contribution in [0, 0.1) is 5.92 Å². The largest absolute Gasteiger partial charge is 0.319 e. The first-order chi connectivity index (χ1) is 9.45. The van der Waals surface area contributed by atoms with Crippen LogP contribution >= 0.6 is 39.9 Å². The van der Waals surface area contributed by atoms with Gasteiger partial charge < -0.3 is 5.32 Å². The van der Waals surface area contributed by atoms with Gasteiger partial charge in [0, 0.05) is 17.6 Å². The van der Waals surface area contributed by atoms with Crippen LogP contribution in [0.3, 0.4) is 0 Å². The molecule has 1 heterocycles. The smallest absolute Gasteiger partial charge is 0.244 e. The molecule has 0 aliphatic carbocycles. The first-order valence-electron chi connectivity index (χ1n) is 6.55. The van der Waals surface area contributed by atoms with E-state index in [2.05, 4.69) is 21.2 Å². The quantitative estimate of drug-likeness (QED) is 0.818. The Kier molecular flexibility index (Phi) is 7.43. The molecule has 2 rings (SSSR count). The minimum Gasteiger partial charge on any atom is -0.319 e. The van der Waals surface area contributed by atoms with E-state index >= 15 is 0 Å². The second-order valence-electron chi connectivity index (χ2n) is 5.00. The third-order valence-electron chi connectivity index (χ3n) is 3.49. The molecule has 1 atom stereocenters. The molecule has 0 saturated carbocycles. The van der Waals surface area contributed by atoms with Gasteiger partial charge in [-0.3, -0.25) is 0 Å². The highest BCUT2D eigenvalue weighted by atomic mass is 79.9. The van der Waals surface area contributed by atoms with Crippen molar-refractivity contribution in [2.24, 2.45) is 5.92 Å². The van der Waals surface area contributed by atoms with Crippen LogP contribution in [0.15, 0.2) is 27.6 Å². The van der Waals surface area contributed by atoms with Gasteiger partial charge in [0.05, 0.1) is 5.02 Å². The number of nitrogens with zero attached hydrogens (tertiary/aromatic N) is 1. The van der Waals surface area contributed by atoms with Crippen LogP contribution in [0.2, 0.25) is 5.02 Å². The molecule has 1 unspecified atom stereocenters. The summed E-state index contributed by atoms with van der Waals surface area (Å²) >= 11 is 9.36. The number of halogens is 3. The van der Waals surface area contributed by atoms with E-state index in [9.17, 15) is 8.42 Å². The minimum atomic E-state index is -3.52.